The molecule has 8 nitrogen and oxygen atoms in total. The molecule has 0 bridgehead atoms. The number of amides is 2. The van der Waals surface area contributed by atoms with E-state index < -0.39 is 59.4 Å². The van der Waals surface area contributed by atoms with Crippen LogP contribution in [0.4, 0.5) is 18.9 Å². The van der Waals surface area contributed by atoms with Crippen molar-refractivity contribution in [1.82, 2.24) is 15.1 Å². The maximum atomic E-state index is 15.4. The fourth-order valence-electron chi connectivity index (χ4n) is 6.14. The monoisotopic (exact) mass is 626 g/mol. The third kappa shape index (κ3) is 8.30. The highest BCUT2D eigenvalue weighted by Gasteiger charge is 2.44. The van der Waals surface area contributed by atoms with E-state index in [9.17, 15) is 19.5 Å². The molecule has 0 spiro atoms. The summed E-state index contributed by atoms with van der Waals surface area (Å²) in [6.07, 6.45) is 2.76. The number of hydrogen-bond donors (Lipinski definition) is 2. The molecule has 2 aromatic rings. The highest BCUT2D eigenvalue weighted by Crippen LogP contribution is 2.33. The molecule has 45 heavy (non-hydrogen) atoms. The number of carbonyl (C=O) groups excluding carboxylic acids is 3. The highest BCUT2D eigenvalue weighted by atomic mass is 19.3. The third-order valence-electron chi connectivity index (χ3n) is 9.14. The van der Waals surface area contributed by atoms with Crippen molar-refractivity contribution in [2.75, 3.05) is 33.2 Å². The van der Waals surface area contributed by atoms with E-state index >= 15 is 13.2 Å². The van der Waals surface area contributed by atoms with Gasteiger partial charge in [0.2, 0.25) is 0 Å². The first-order valence-electron chi connectivity index (χ1n) is 15.6. The number of rotatable bonds is 10. The minimum atomic E-state index is -3.99. The number of alkyl halides is 2. The summed E-state index contributed by atoms with van der Waals surface area (Å²) in [5, 5.41) is 13.1. The lowest BCUT2D eigenvalue weighted by molar-refractivity contribution is -0.149. The van der Waals surface area contributed by atoms with Crippen molar-refractivity contribution in [2.45, 2.75) is 75.9 Å². The van der Waals surface area contributed by atoms with Gasteiger partial charge in [0.1, 0.15) is 11.9 Å². The van der Waals surface area contributed by atoms with Crippen molar-refractivity contribution in [3.05, 3.63) is 76.4 Å². The maximum absolute atomic E-state index is 15.4. The Morgan fingerprint density at radius 3 is 2.33 bits per heavy atom. The topological polar surface area (TPSA) is 94.3 Å². The van der Waals surface area contributed by atoms with Crippen LogP contribution in [0.25, 0.3) is 4.85 Å². The van der Waals surface area contributed by atoms with E-state index in [2.05, 4.69) is 15.1 Å². The molecule has 242 valence electrons. The number of aliphatic hydroxyl groups is 1. The van der Waals surface area contributed by atoms with Crippen molar-refractivity contribution >= 4 is 23.3 Å². The second-order valence-electron chi connectivity index (χ2n) is 12.3. The predicted octanol–water partition coefficient (Wildman–Crippen LogP) is 4.97. The number of ketones is 1. The summed E-state index contributed by atoms with van der Waals surface area (Å²) in [6, 6.07) is 7.53. The summed E-state index contributed by atoms with van der Waals surface area (Å²) in [7, 11) is 1.95. The predicted molar refractivity (Wildman–Crippen MR) is 163 cm³/mol. The van der Waals surface area contributed by atoms with Crippen LogP contribution in [0.15, 0.2) is 42.5 Å². The van der Waals surface area contributed by atoms with Crippen molar-refractivity contribution in [3.8, 4) is 0 Å². The summed E-state index contributed by atoms with van der Waals surface area (Å²) in [5.41, 5.74) is -0.278. The number of carbonyl (C=O) groups is 3. The number of halogens is 3. The van der Waals surface area contributed by atoms with Crippen LogP contribution in [0.3, 0.4) is 0 Å². The second-order valence-corrected chi connectivity index (χ2v) is 12.3. The molecule has 1 heterocycles. The molecule has 2 amide bonds. The van der Waals surface area contributed by atoms with Gasteiger partial charge in [-0.2, -0.15) is 8.78 Å². The summed E-state index contributed by atoms with van der Waals surface area (Å²) >= 11 is 0. The normalized spacial score (nSPS) is 18.7. The first kappa shape index (κ1) is 34.1. The number of hydrogen-bond acceptors (Lipinski definition) is 5. The van der Waals surface area contributed by atoms with Gasteiger partial charge in [0, 0.05) is 44.1 Å². The molecule has 1 saturated carbocycles. The molecular formula is C34H41F3N4O4. The van der Waals surface area contributed by atoms with E-state index in [0.717, 1.165) is 37.8 Å². The molecule has 2 N–H and O–H groups in total. The van der Waals surface area contributed by atoms with E-state index in [1.165, 1.54) is 24.3 Å². The Balaban J connectivity index is 1.50. The number of piperazine rings is 1. The lowest BCUT2D eigenvalue weighted by atomic mass is 9.86. The standard InChI is InChI=1S/C34H41F3N4O4/c1-22(31(43)32(44)41-17-15-40(3)16-18-41)24-13-14-25(28(35)19-24)20-29(42)30(23-9-6-4-5-7-10-23)39-33(45)34(36,37)26-11-8-12-27(21-26)38-2/h8,11-14,19,21-23,30-31,43H,4-7,9-10,15-18,20H2,1,3H3,(H,39,45)/t22-,30-,31+/m0/s1. The van der Waals surface area contributed by atoms with Gasteiger partial charge in [-0.1, -0.05) is 62.9 Å². The van der Waals surface area contributed by atoms with Crippen molar-refractivity contribution < 1.29 is 32.7 Å². The quantitative estimate of drug-likeness (QED) is 0.287. The Morgan fingerprint density at radius 1 is 1.04 bits per heavy atom. The molecular weight excluding hydrogens is 585 g/mol. The van der Waals surface area contributed by atoms with E-state index in [-0.39, 0.29) is 17.2 Å². The largest absolute Gasteiger partial charge is 0.383 e. The Morgan fingerprint density at radius 2 is 1.71 bits per heavy atom. The maximum Gasteiger partial charge on any atom is 0.348 e. The van der Waals surface area contributed by atoms with E-state index in [1.54, 1.807) is 17.9 Å². The average Bonchev–Trinajstić information content (AvgIpc) is 3.33. The Kier molecular flexibility index (Phi) is 11.4. The van der Waals surface area contributed by atoms with Gasteiger partial charge in [0.05, 0.1) is 12.6 Å². The van der Waals surface area contributed by atoms with Crippen LogP contribution < -0.4 is 5.32 Å². The van der Waals surface area contributed by atoms with Gasteiger partial charge >= 0.3 is 5.92 Å². The van der Waals surface area contributed by atoms with Gasteiger partial charge < -0.3 is 20.2 Å². The molecule has 11 heteroatoms. The molecule has 2 aliphatic rings. The Hall–Kier alpha value is -3.75. The van der Waals surface area contributed by atoms with Crippen molar-refractivity contribution in [2.24, 2.45) is 5.92 Å². The van der Waals surface area contributed by atoms with E-state index in [0.29, 0.717) is 44.6 Å². The van der Waals surface area contributed by atoms with Crippen LogP contribution >= 0.6 is 0 Å². The van der Waals surface area contributed by atoms with Gasteiger partial charge in [-0.05, 0) is 49.1 Å². The fourth-order valence-corrected chi connectivity index (χ4v) is 6.14. The zero-order chi connectivity index (χ0) is 32.7. The fraction of sp³-hybridized carbons (Fsp3) is 0.529. The van der Waals surface area contributed by atoms with Gasteiger partial charge in [-0.3, -0.25) is 14.4 Å². The number of benzene rings is 2. The number of likely N-dealkylation sites (N-methyl/N-ethyl adjacent to an activating group) is 1. The van der Waals surface area contributed by atoms with E-state index in [4.69, 9.17) is 6.57 Å². The summed E-state index contributed by atoms with van der Waals surface area (Å²) in [6.45, 7) is 11.1. The van der Waals surface area contributed by atoms with Crippen LogP contribution in [-0.2, 0) is 26.7 Å². The second kappa shape index (κ2) is 15.0. The van der Waals surface area contributed by atoms with Crippen LogP contribution in [-0.4, -0.2) is 77.9 Å². The Bertz CT molecular complexity index is 1410. The smallest absolute Gasteiger partial charge is 0.348 e. The molecule has 4 rings (SSSR count). The molecule has 0 radical (unpaired) electrons. The highest BCUT2D eigenvalue weighted by molar-refractivity contribution is 5.93. The van der Waals surface area contributed by atoms with E-state index in [1.807, 2.05) is 7.05 Å². The van der Waals surface area contributed by atoms with Crippen molar-refractivity contribution in [3.63, 3.8) is 0 Å². The number of nitrogens with one attached hydrogen (secondary N) is 1. The number of nitrogens with zero attached hydrogens (tertiary/aromatic N) is 3. The lowest BCUT2D eigenvalue weighted by Crippen LogP contribution is -2.51. The summed E-state index contributed by atoms with van der Waals surface area (Å²) in [5.74, 6) is -8.45. The van der Waals surface area contributed by atoms with Crippen LogP contribution in [0.2, 0.25) is 0 Å². The third-order valence-corrected chi connectivity index (χ3v) is 9.14. The molecule has 1 saturated heterocycles. The minimum absolute atomic E-state index is 0.0280. The van der Waals surface area contributed by atoms with Crippen molar-refractivity contribution in [1.29, 1.82) is 0 Å². The average molecular weight is 627 g/mol. The van der Waals surface area contributed by atoms with Gasteiger partial charge in [0.15, 0.2) is 11.5 Å². The number of aliphatic hydroxyl groups excluding tert-OH is 1. The zero-order valence-electron chi connectivity index (χ0n) is 25.8. The van der Waals surface area contributed by atoms with Crippen LogP contribution in [0.5, 0.6) is 0 Å². The molecule has 2 fully saturated rings. The Labute approximate surface area is 262 Å². The SMILES string of the molecule is [C-]#[N+]c1cccc(C(F)(F)C(=O)N[C@H](C(=O)Cc2ccc([C@H](C)[C@@H](O)C(=O)N3CCN(C)CC3)cc2F)C2CCCCCC2)c1. The zero-order valence-corrected chi connectivity index (χ0v) is 25.8. The number of Topliss-reactive ketones (excluding diaryl/α,β-unsaturated/α-hetero) is 1. The molecule has 0 aromatic heterocycles. The first-order valence-corrected chi connectivity index (χ1v) is 15.6. The molecule has 1 aliphatic heterocycles. The molecule has 1 aliphatic carbocycles. The molecule has 2 aromatic carbocycles. The van der Waals surface area contributed by atoms with Crippen LogP contribution in [0, 0.1) is 18.3 Å². The summed E-state index contributed by atoms with van der Waals surface area (Å²) in [4.78, 5) is 46.3. The van der Waals surface area contributed by atoms with Gasteiger partial charge in [0.25, 0.3) is 11.8 Å². The van der Waals surface area contributed by atoms with Gasteiger partial charge in [-0.25, -0.2) is 9.24 Å². The van der Waals surface area contributed by atoms with Crippen LogP contribution in [0.1, 0.15) is 68.1 Å². The first-order chi connectivity index (χ1) is 21.4. The van der Waals surface area contributed by atoms with Gasteiger partial charge in [-0.15, -0.1) is 0 Å². The molecule has 3 atom stereocenters. The minimum Gasteiger partial charge on any atom is -0.383 e. The lowest BCUT2D eigenvalue weighted by Gasteiger charge is -2.34. The summed E-state index contributed by atoms with van der Waals surface area (Å²) < 4.78 is 45.9. The molecule has 0 unspecified atom stereocenters.